The lowest BCUT2D eigenvalue weighted by Crippen LogP contribution is -2.38. The maximum atomic E-state index is 11.7. The quantitative estimate of drug-likeness (QED) is 0.244. The van der Waals surface area contributed by atoms with Crippen molar-refractivity contribution in [3.8, 4) is 0 Å². The van der Waals surface area contributed by atoms with E-state index in [1.807, 2.05) is 26.0 Å². The second kappa shape index (κ2) is 12.5. The van der Waals surface area contributed by atoms with Gasteiger partial charge in [-0.1, -0.05) is 12.1 Å². The smallest absolute Gasteiger partial charge is 0.191 e. The van der Waals surface area contributed by atoms with Crippen LogP contribution in [0.25, 0.3) is 0 Å². The van der Waals surface area contributed by atoms with Crippen molar-refractivity contribution in [2.45, 2.75) is 38.6 Å². The van der Waals surface area contributed by atoms with E-state index >= 15 is 0 Å². The largest absolute Gasteiger partial charge is 0.382 e. The highest BCUT2D eigenvalue weighted by atomic mass is 127. The average molecular weight is 483 g/mol. The van der Waals surface area contributed by atoms with E-state index in [4.69, 9.17) is 4.74 Å². The van der Waals surface area contributed by atoms with Gasteiger partial charge in [0.25, 0.3) is 0 Å². The molecule has 1 aromatic carbocycles. The first kappa shape index (κ1) is 24.1. The Bertz CT molecular complexity index is 649. The summed E-state index contributed by atoms with van der Waals surface area (Å²) in [4.78, 5) is 4.91. The van der Waals surface area contributed by atoms with Crippen LogP contribution < -0.4 is 10.6 Å². The Balaban J connectivity index is 0.00000576. The number of benzene rings is 1. The van der Waals surface area contributed by atoms with E-state index in [-0.39, 0.29) is 24.0 Å². The topological polar surface area (TPSA) is 79.8 Å². The van der Waals surface area contributed by atoms with Crippen LogP contribution in [0.1, 0.15) is 31.4 Å². The molecular formula is C17H30IN3O3S. The molecule has 0 fully saturated rings. The third-order valence-corrected chi connectivity index (χ3v) is 4.62. The molecule has 0 aromatic heterocycles. The molecule has 0 heterocycles. The van der Waals surface area contributed by atoms with E-state index in [0.717, 1.165) is 49.8 Å². The van der Waals surface area contributed by atoms with E-state index < -0.39 is 9.84 Å². The van der Waals surface area contributed by atoms with Crippen LogP contribution in [-0.2, 0) is 21.1 Å². The summed E-state index contributed by atoms with van der Waals surface area (Å²) in [5.74, 6) is 0.749. The zero-order valence-electron chi connectivity index (χ0n) is 15.5. The molecule has 0 amide bonds. The van der Waals surface area contributed by atoms with Gasteiger partial charge in [-0.2, -0.15) is 0 Å². The Hall–Kier alpha value is -0.870. The molecule has 0 aliphatic heterocycles. The molecular weight excluding hydrogens is 453 g/mol. The minimum atomic E-state index is -3.18. The average Bonchev–Trinajstić information content (AvgIpc) is 2.51. The van der Waals surface area contributed by atoms with E-state index in [2.05, 4.69) is 15.6 Å². The number of nitrogens with zero attached hydrogens (tertiary/aromatic N) is 1. The van der Waals surface area contributed by atoms with Crippen molar-refractivity contribution in [2.24, 2.45) is 4.99 Å². The molecule has 0 aliphatic rings. The number of halogens is 1. The molecule has 0 radical (unpaired) electrons. The van der Waals surface area contributed by atoms with E-state index in [9.17, 15) is 8.42 Å². The number of aryl methyl sites for hydroxylation is 1. The maximum Gasteiger partial charge on any atom is 0.191 e. The summed E-state index contributed by atoms with van der Waals surface area (Å²) in [6.07, 6.45) is 2.14. The highest BCUT2D eigenvalue weighted by Gasteiger charge is 2.10. The van der Waals surface area contributed by atoms with Gasteiger partial charge in [-0.3, -0.25) is 0 Å². The zero-order valence-corrected chi connectivity index (χ0v) is 18.6. The lowest BCUT2D eigenvalue weighted by Gasteiger charge is -2.11. The second-order valence-corrected chi connectivity index (χ2v) is 7.53. The fourth-order valence-corrected chi connectivity index (χ4v) is 3.22. The second-order valence-electron chi connectivity index (χ2n) is 5.54. The number of rotatable bonds is 9. The summed E-state index contributed by atoms with van der Waals surface area (Å²) in [5.41, 5.74) is 1.73. The Morgan fingerprint density at radius 3 is 2.52 bits per heavy atom. The van der Waals surface area contributed by atoms with Crippen LogP contribution in [0, 0.1) is 6.92 Å². The monoisotopic (exact) mass is 483 g/mol. The third-order valence-electron chi connectivity index (χ3n) is 3.36. The molecule has 144 valence electrons. The molecule has 0 saturated heterocycles. The molecule has 0 aliphatic carbocycles. The van der Waals surface area contributed by atoms with Gasteiger partial charge in [0, 0.05) is 32.6 Å². The maximum absolute atomic E-state index is 11.7. The van der Waals surface area contributed by atoms with Crippen molar-refractivity contribution >= 4 is 39.8 Å². The van der Waals surface area contributed by atoms with Crippen LogP contribution >= 0.6 is 24.0 Å². The lowest BCUT2D eigenvalue weighted by molar-refractivity contribution is 0.145. The summed E-state index contributed by atoms with van der Waals surface area (Å²) in [6, 6.07) is 5.34. The van der Waals surface area contributed by atoms with Gasteiger partial charge < -0.3 is 15.4 Å². The Morgan fingerprint density at radius 2 is 1.96 bits per heavy atom. The number of sulfone groups is 1. The molecule has 0 bridgehead atoms. The Morgan fingerprint density at radius 1 is 1.24 bits per heavy atom. The van der Waals surface area contributed by atoms with Crippen LogP contribution in [0.4, 0.5) is 0 Å². The van der Waals surface area contributed by atoms with Crippen LogP contribution in [0.3, 0.4) is 0 Å². The summed E-state index contributed by atoms with van der Waals surface area (Å²) in [5, 5.41) is 6.46. The SMILES string of the molecule is CCNC(=NCc1ccc(S(C)(=O)=O)c(C)c1)NCCCOCC.I. The lowest BCUT2D eigenvalue weighted by atomic mass is 10.1. The molecule has 0 unspecified atom stereocenters. The van der Waals surface area contributed by atoms with Crippen molar-refractivity contribution in [1.29, 1.82) is 0 Å². The van der Waals surface area contributed by atoms with Crippen molar-refractivity contribution in [3.63, 3.8) is 0 Å². The van der Waals surface area contributed by atoms with Crippen LogP contribution in [0.2, 0.25) is 0 Å². The zero-order chi connectivity index (χ0) is 18.0. The first-order valence-corrected chi connectivity index (χ1v) is 10.2. The van der Waals surface area contributed by atoms with Crippen molar-refractivity contribution in [2.75, 3.05) is 32.6 Å². The van der Waals surface area contributed by atoms with E-state index in [1.54, 1.807) is 13.0 Å². The predicted molar refractivity (Wildman–Crippen MR) is 114 cm³/mol. The summed E-state index contributed by atoms with van der Waals surface area (Å²) in [7, 11) is -3.18. The molecule has 2 N–H and O–H groups in total. The first-order chi connectivity index (χ1) is 11.4. The number of guanidine groups is 1. The number of nitrogens with one attached hydrogen (secondary N) is 2. The highest BCUT2D eigenvalue weighted by molar-refractivity contribution is 14.0. The molecule has 25 heavy (non-hydrogen) atoms. The molecule has 8 heteroatoms. The number of hydrogen-bond acceptors (Lipinski definition) is 4. The van der Waals surface area contributed by atoms with Gasteiger partial charge in [-0.25, -0.2) is 13.4 Å². The van der Waals surface area contributed by atoms with Gasteiger partial charge in [0.15, 0.2) is 15.8 Å². The Labute approximate surface area is 168 Å². The fourth-order valence-electron chi connectivity index (χ4n) is 2.26. The van der Waals surface area contributed by atoms with Crippen LogP contribution in [0.5, 0.6) is 0 Å². The highest BCUT2D eigenvalue weighted by Crippen LogP contribution is 2.17. The van der Waals surface area contributed by atoms with Gasteiger partial charge in [0.2, 0.25) is 0 Å². The summed E-state index contributed by atoms with van der Waals surface area (Å²) in [6.45, 7) is 9.33. The van der Waals surface area contributed by atoms with Crippen molar-refractivity contribution < 1.29 is 13.2 Å². The van der Waals surface area contributed by atoms with E-state index in [1.165, 1.54) is 6.26 Å². The normalized spacial score (nSPS) is 11.8. The molecule has 6 nitrogen and oxygen atoms in total. The molecule has 1 aromatic rings. The first-order valence-electron chi connectivity index (χ1n) is 8.28. The molecule has 1 rings (SSSR count). The number of aliphatic imine (C=N–C) groups is 1. The molecule has 0 saturated carbocycles. The van der Waals surface area contributed by atoms with Gasteiger partial charge in [0.05, 0.1) is 11.4 Å². The number of hydrogen-bond donors (Lipinski definition) is 2. The van der Waals surface area contributed by atoms with E-state index in [0.29, 0.717) is 11.4 Å². The number of ether oxygens (including phenoxy) is 1. The van der Waals surface area contributed by atoms with Gasteiger partial charge >= 0.3 is 0 Å². The standard InChI is InChI=1S/C17H29N3O3S.HI/c1-5-18-17(19-10-7-11-23-6-2)20-13-15-8-9-16(14(3)12-15)24(4,21)22;/h8-9,12H,5-7,10-11,13H2,1-4H3,(H2,18,19,20);1H. The third kappa shape index (κ3) is 9.41. The predicted octanol–water partition coefficient (Wildman–Crippen LogP) is 2.50. The molecule has 0 spiro atoms. The fraction of sp³-hybridized carbons (Fsp3) is 0.588. The minimum absolute atomic E-state index is 0. The van der Waals surface area contributed by atoms with Gasteiger partial charge in [-0.05, 0) is 44.4 Å². The summed E-state index contributed by atoms with van der Waals surface area (Å²) < 4.78 is 28.6. The van der Waals surface area contributed by atoms with Crippen molar-refractivity contribution in [3.05, 3.63) is 29.3 Å². The van der Waals surface area contributed by atoms with Gasteiger partial charge in [-0.15, -0.1) is 24.0 Å². The minimum Gasteiger partial charge on any atom is -0.382 e. The molecule has 0 atom stereocenters. The van der Waals surface area contributed by atoms with Crippen LogP contribution in [-0.4, -0.2) is 46.9 Å². The van der Waals surface area contributed by atoms with Gasteiger partial charge in [0.1, 0.15) is 0 Å². The summed E-state index contributed by atoms with van der Waals surface area (Å²) >= 11 is 0. The van der Waals surface area contributed by atoms with Crippen molar-refractivity contribution in [1.82, 2.24) is 10.6 Å². The van der Waals surface area contributed by atoms with Crippen LogP contribution in [0.15, 0.2) is 28.1 Å². The Kier molecular flexibility index (Phi) is 12.0.